The maximum Gasteiger partial charge on any atom is 0.411 e. The molecule has 0 radical (unpaired) electrons. The van der Waals surface area contributed by atoms with Crippen molar-refractivity contribution in [1.29, 1.82) is 0 Å². The van der Waals surface area contributed by atoms with Crippen molar-refractivity contribution in [2.75, 3.05) is 39.4 Å². The SMILES string of the molecule is CCC1CN(CCOCC(F)(F)F)CCC1CN. The van der Waals surface area contributed by atoms with Crippen LogP contribution in [0.1, 0.15) is 19.8 Å². The van der Waals surface area contributed by atoms with E-state index in [-0.39, 0.29) is 6.61 Å². The largest absolute Gasteiger partial charge is 0.411 e. The van der Waals surface area contributed by atoms with Gasteiger partial charge in [-0.3, -0.25) is 0 Å². The third kappa shape index (κ3) is 5.54. The molecular weight excluding hydrogens is 245 g/mol. The fourth-order valence-corrected chi connectivity index (χ4v) is 2.51. The number of nitrogens with zero attached hydrogens (tertiary/aromatic N) is 1. The van der Waals surface area contributed by atoms with E-state index in [2.05, 4.69) is 16.6 Å². The monoisotopic (exact) mass is 268 g/mol. The van der Waals surface area contributed by atoms with Crippen molar-refractivity contribution < 1.29 is 17.9 Å². The van der Waals surface area contributed by atoms with Crippen molar-refractivity contribution in [3.05, 3.63) is 0 Å². The van der Waals surface area contributed by atoms with Crippen LogP contribution < -0.4 is 5.73 Å². The highest BCUT2D eigenvalue weighted by molar-refractivity contribution is 4.80. The molecule has 0 aromatic rings. The van der Waals surface area contributed by atoms with Crippen molar-refractivity contribution >= 4 is 0 Å². The Kier molecular flexibility index (Phi) is 6.38. The van der Waals surface area contributed by atoms with Gasteiger partial charge in [0, 0.05) is 13.1 Å². The Hall–Kier alpha value is -0.330. The van der Waals surface area contributed by atoms with Crippen LogP contribution in [-0.2, 0) is 4.74 Å². The van der Waals surface area contributed by atoms with Gasteiger partial charge in [-0.1, -0.05) is 13.3 Å². The zero-order valence-electron chi connectivity index (χ0n) is 10.9. The average Bonchev–Trinajstić information content (AvgIpc) is 2.33. The van der Waals surface area contributed by atoms with E-state index in [4.69, 9.17) is 5.73 Å². The fourth-order valence-electron chi connectivity index (χ4n) is 2.51. The van der Waals surface area contributed by atoms with E-state index in [1.165, 1.54) is 0 Å². The number of rotatable bonds is 6. The molecule has 0 aliphatic carbocycles. The molecule has 0 spiro atoms. The molecule has 0 amide bonds. The van der Waals surface area contributed by atoms with Gasteiger partial charge in [0.1, 0.15) is 6.61 Å². The normalized spacial score (nSPS) is 26.5. The lowest BCUT2D eigenvalue weighted by Gasteiger charge is -2.37. The smallest absolute Gasteiger partial charge is 0.371 e. The fraction of sp³-hybridized carbons (Fsp3) is 1.00. The van der Waals surface area contributed by atoms with E-state index in [0.29, 0.717) is 24.9 Å². The Morgan fingerprint density at radius 2 is 2.06 bits per heavy atom. The number of likely N-dealkylation sites (tertiary alicyclic amines) is 1. The van der Waals surface area contributed by atoms with Gasteiger partial charge in [0.05, 0.1) is 6.61 Å². The van der Waals surface area contributed by atoms with Gasteiger partial charge in [-0.25, -0.2) is 0 Å². The predicted molar refractivity (Wildman–Crippen MR) is 64.3 cm³/mol. The first-order chi connectivity index (χ1) is 8.46. The number of hydrogen-bond donors (Lipinski definition) is 1. The Balaban J connectivity index is 2.20. The minimum atomic E-state index is -4.22. The van der Waals surface area contributed by atoms with E-state index in [9.17, 15) is 13.2 Å². The van der Waals surface area contributed by atoms with E-state index >= 15 is 0 Å². The van der Waals surface area contributed by atoms with Crippen molar-refractivity contribution in [2.24, 2.45) is 17.6 Å². The Morgan fingerprint density at radius 3 is 2.61 bits per heavy atom. The molecule has 6 heteroatoms. The van der Waals surface area contributed by atoms with E-state index < -0.39 is 12.8 Å². The summed E-state index contributed by atoms with van der Waals surface area (Å²) in [7, 11) is 0. The molecule has 1 heterocycles. The van der Waals surface area contributed by atoms with Crippen LogP contribution in [0, 0.1) is 11.8 Å². The summed E-state index contributed by atoms with van der Waals surface area (Å²) >= 11 is 0. The second-order valence-corrected chi connectivity index (χ2v) is 4.92. The molecule has 0 bridgehead atoms. The van der Waals surface area contributed by atoms with Crippen LogP contribution in [0.5, 0.6) is 0 Å². The molecule has 1 aliphatic rings. The molecule has 0 aromatic heterocycles. The minimum absolute atomic E-state index is 0.142. The molecule has 18 heavy (non-hydrogen) atoms. The molecule has 2 N–H and O–H groups in total. The lowest BCUT2D eigenvalue weighted by Crippen LogP contribution is -2.44. The highest BCUT2D eigenvalue weighted by Gasteiger charge is 2.29. The molecule has 0 saturated carbocycles. The summed E-state index contributed by atoms with van der Waals surface area (Å²) in [6, 6.07) is 0. The van der Waals surface area contributed by atoms with Gasteiger partial charge in [0.15, 0.2) is 0 Å². The lowest BCUT2D eigenvalue weighted by molar-refractivity contribution is -0.174. The average molecular weight is 268 g/mol. The first kappa shape index (κ1) is 15.7. The standard InChI is InChI=1S/C12H23F3N2O/c1-2-10-8-17(4-3-11(10)7-16)5-6-18-9-12(13,14)15/h10-11H,2-9,16H2,1H3. The van der Waals surface area contributed by atoms with Crippen LogP contribution in [0.2, 0.25) is 0 Å². The second-order valence-electron chi connectivity index (χ2n) is 4.92. The van der Waals surface area contributed by atoms with Crippen molar-refractivity contribution in [1.82, 2.24) is 4.90 Å². The Morgan fingerprint density at radius 1 is 1.33 bits per heavy atom. The Labute approximate surface area is 106 Å². The van der Waals surface area contributed by atoms with Crippen LogP contribution in [0.4, 0.5) is 13.2 Å². The zero-order chi connectivity index (χ0) is 13.6. The van der Waals surface area contributed by atoms with Gasteiger partial charge in [0.25, 0.3) is 0 Å². The molecule has 3 nitrogen and oxygen atoms in total. The number of alkyl halides is 3. The molecule has 108 valence electrons. The lowest BCUT2D eigenvalue weighted by atomic mass is 9.84. The van der Waals surface area contributed by atoms with Gasteiger partial charge >= 0.3 is 6.18 Å². The molecular formula is C12H23F3N2O. The summed E-state index contributed by atoms with van der Waals surface area (Å²) in [6.07, 6.45) is -2.12. The van der Waals surface area contributed by atoms with Gasteiger partial charge in [0.2, 0.25) is 0 Å². The summed E-state index contributed by atoms with van der Waals surface area (Å²) in [5.41, 5.74) is 5.72. The Bertz CT molecular complexity index is 236. The maximum absolute atomic E-state index is 11.9. The van der Waals surface area contributed by atoms with Crippen LogP contribution in [0.3, 0.4) is 0 Å². The van der Waals surface area contributed by atoms with Crippen LogP contribution >= 0.6 is 0 Å². The van der Waals surface area contributed by atoms with Gasteiger partial charge < -0.3 is 15.4 Å². The van der Waals surface area contributed by atoms with E-state index in [0.717, 1.165) is 25.9 Å². The number of piperidine rings is 1. The summed E-state index contributed by atoms with van der Waals surface area (Å²) in [6.45, 7) is 4.24. The predicted octanol–water partition coefficient (Wildman–Crippen LogP) is 1.87. The van der Waals surface area contributed by atoms with Gasteiger partial charge in [-0.2, -0.15) is 13.2 Å². The number of halogens is 3. The highest BCUT2D eigenvalue weighted by atomic mass is 19.4. The van der Waals surface area contributed by atoms with E-state index in [1.807, 2.05) is 0 Å². The third-order valence-electron chi connectivity index (χ3n) is 3.62. The second kappa shape index (κ2) is 7.31. The zero-order valence-corrected chi connectivity index (χ0v) is 10.9. The molecule has 2 atom stereocenters. The van der Waals surface area contributed by atoms with Crippen LogP contribution in [0.15, 0.2) is 0 Å². The van der Waals surface area contributed by atoms with Gasteiger partial charge in [-0.15, -0.1) is 0 Å². The van der Waals surface area contributed by atoms with Gasteiger partial charge in [-0.05, 0) is 31.3 Å². The van der Waals surface area contributed by atoms with Crippen LogP contribution in [-0.4, -0.2) is 50.5 Å². The first-order valence-corrected chi connectivity index (χ1v) is 6.53. The summed E-state index contributed by atoms with van der Waals surface area (Å²) in [5.74, 6) is 1.12. The minimum Gasteiger partial charge on any atom is -0.371 e. The van der Waals surface area contributed by atoms with E-state index in [1.54, 1.807) is 0 Å². The quantitative estimate of drug-likeness (QED) is 0.747. The molecule has 2 unspecified atom stereocenters. The number of ether oxygens (including phenoxy) is 1. The molecule has 1 fully saturated rings. The molecule has 1 rings (SSSR count). The summed E-state index contributed by atoms with van der Waals surface area (Å²) in [5, 5.41) is 0. The molecule has 1 saturated heterocycles. The molecule has 0 aromatic carbocycles. The summed E-state index contributed by atoms with van der Waals surface area (Å²) < 4.78 is 40.3. The first-order valence-electron chi connectivity index (χ1n) is 6.53. The van der Waals surface area contributed by atoms with Crippen molar-refractivity contribution in [2.45, 2.75) is 25.9 Å². The number of hydrogen-bond acceptors (Lipinski definition) is 3. The van der Waals surface area contributed by atoms with Crippen molar-refractivity contribution in [3.63, 3.8) is 0 Å². The third-order valence-corrected chi connectivity index (χ3v) is 3.62. The topological polar surface area (TPSA) is 38.5 Å². The molecule has 1 aliphatic heterocycles. The highest BCUT2D eigenvalue weighted by Crippen LogP contribution is 2.25. The maximum atomic E-state index is 11.9. The number of nitrogens with two attached hydrogens (primary N) is 1. The summed E-state index contributed by atoms with van der Waals surface area (Å²) in [4.78, 5) is 2.18. The van der Waals surface area contributed by atoms with Crippen LogP contribution in [0.25, 0.3) is 0 Å². The van der Waals surface area contributed by atoms with Crippen molar-refractivity contribution in [3.8, 4) is 0 Å².